The Kier molecular flexibility index (Phi) is 5.69. The molecule has 0 bridgehead atoms. The van der Waals surface area contributed by atoms with E-state index in [-0.39, 0.29) is 0 Å². The zero-order valence-corrected chi connectivity index (χ0v) is 17.9. The maximum absolute atomic E-state index is 10.5. The Morgan fingerprint density at radius 2 is 1.12 bits per heavy atom. The summed E-state index contributed by atoms with van der Waals surface area (Å²) in [4.78, 5) is 14.1. The van der Waals surface area contributed by atoms with E-state index in [0.717, 1.165) is 22.3 Å². The van der Waals surface area contributed by atoms with E-state index in [1.165, 1.54) is 0 Å². The van der Waals surface area contributed by atoms with Crippen LogP contribution >= 0.6 is 0 Å². The standard InChI is InChI=1S/C27H22BN3O2/c32-28(33)27(18-16-21(17-19-27)20-10-4-1-5-11-20)26-30-24(22-12-6-2-7-13-22)29-25(31-26)23-14-8-3-9-15-23/h1-18,32-33H,19H2. The maximum atomic E-state index is 10.5. The van der Waals surface area contributed by atoms with Crippen molar-refractivity contribution in [2.45, 2.75) is 11.7 Å². The van der Waals surface area contributed by atoms with Crippen molar-refractivity contribution in [2.24, 2.45) is 0 Å². The van der Waals surface area contributed by atoms with Gasteiger partial charge < -0.3 is 10.0 Å². The van der Waals surface area contributed by atoms with E-state index in [2.05, 4.69) is 0 Å². The van der Waals surface area contributed by atoms with Gasteiger partial charge >= 0.3 is 7.12 Å². The second-order valence-corrected chi connectivity index (χ2v) is 8.02. The van der Waals surface area contributed by atoms with E-state index in [0.29, 0.717) is 23.9 Å². The van der Waals surface area contributed by atoms with Crippen LogP contribution in [0.1, 0.15) is 17.8 Å². The summed E-state index contributed by atoms with van der Waals surface area (Å²) < 4.78 is 0. The van der Waals surface area contributed by atoms with Crippen LogP contribution in [-0.2, 0) is 5.31 Å². The van der Waals surface area contributed by atoms with E-state index < -0.39 is 12.4 Å². The molecule has 1 atom stereocenters. The lowest BCUT2D eigenvalue weighted by Crippen LogP contribution is -2.44. The van der Waals surface area contributed by atoms with Crippen molar-refractivity contribution in [3.8, 4) is 22.8 Å². The van der Waals surface area contributed by atoms with Gasteiger partial charge in [-0.25, -0.2) is 15.0 Å². The van der Waals surface area contributed by atoms with Gasteiger partial charge in [0, 0.05) is 11.1 Å². The monoisotopic (exact) mass is 431 g/mol. The SMILES string of the molecule is OB(O)C1(c2nc(-c3ccccc3)nc(-c3ccccc3)n2)C=CC(c2ccccc2)=CC1. The predicted octanol–water partition coefficient (Wildman–Crippen LogP) is 4.50. The van der Waals surface area contributed by atoms with Gasteiger partial charge in [-0.1, -0.05) is 109 Å². The highest BCUT2D eigenvalue weighted by Crippen LogP contribution is 2.37. The summed E-state index contributed by atoms with van der Waals surface area (Å²) in [5.74, 6) is 1.31. The molecule has 0 saturated carbocycles. The molecule has 0 saturated heterocycles. The number of nitrogens with zero attached hydrogens (tertiary/aromatic N) is 3. The van der Waals surface area contributed by atoms with Crippen LogP contribution in [0.3, 0.4) is 0 Å². The molecule has 1 unspecified atom stereocenters. The molecule has 0 radical (unpaired) electrons. The first-order chi connectivity index (χ1) is 16.2. The summed E-state index contributed by atoms with van der Waals surface area (Å²) in [5.41, 5.74) is 3.76. The van der Waals surface area contributed by atoms with Gasteiger partial charge in [-0.3, -0.25) is 0 Å². The maximum Gasteiger partial charge on any atom is 0.470 e. The fourth-order valence-electron chi connectivity index (χ4n) is 3.99. The van der Waals surface area contributed by atoms with Crippen molar-refractivity contribution in [2.75, 3.05) is 0 Å². The second-order valence-electron chi connectivity index (χ2n) is 8.02. The predicted molar refractivity (Wildman–Crippen MR) is 131 cm³/mol. The average Bonchev–Trinajstić information content (AvgIpc) is 2.90. The van der Waals surface area contributed by atoms with Gasteiger partial charge in [-0.2, -0.15) is 0 Å². The summed E-state index contributed by atoms with van der Waals surface area (Å²) in [6, 6.07) is 29.3. The molecule has 5 rings (SSSR count). The van der Waals surface area contributed by atoms with Crippen LogP contribution in [-0.4, -0.2) is 32.1 Å². The summed E-state index contributed by atoms with van der Waals surface area (Å²) in [7, 11) is -1.68. The Balaban J connectivity index is 1.63. The van der Waals surface area contributed by atoms with E-state index in [1.807, 2.05) is 103 Å². The minimum absolute atomic E-state index is 0.324. The highest BCUT2D eigenvalue weighted by Gasteiger charge is 2.45. The first kappa shape index (κ1) is 21.0. The van der Waals surface area contributed by atoms with Crippen molar-refractivity contribution in [1.82, 2.24) is 15.0 Å². The fourth-order valence-corrected chi connectivity index (χ4v) is 3.99. The molecule has 1 heterocycles. The van der Waals surface area contributed by atoms with Crippen LogP contribution in [0.4, 0.5) is 0 Å². The largest absolute Gasteiger partial charge is 0.470 e. The number of benzene rings is 3. The minimum atomic E-state index is -1.68. The number of aromatic nitrogens is 3. The lowest BCUT2D eigenvalue weighted by Gasteiger charge is -2.30. The van der Waals surface area contributed by atoms with Gasteiger partial charge in [0.05, 0.1) is 5.31 Å². The Labute approximate surface area is 193 Å². The Hall–Kier alpha value is -3.87. The Morgan fingerprint density at radius 1 is 0.636 bits per heavy atom. The fraction of sp³-hybridized carbons (Fsp3) is 0.0741. The minimum Gasteiger partial charge on any atom is -0.426 e. The van der Waals surface area contributed by atoms with Crippen LogP contribution < -0.4 is 0 Å². The molecule has 33 heavy (non-hydrogen) atoms. The van der Waals surface area contributed by atoms with Crippen molar-refractivity contribution >= 4 is 12.7 Å². The van der Waals surface area contributed by atoms with E-state index in [4.69, 9.17) is 15.0 Å². The lowest BCUT2D eigenvalue weighted by molar-refractivity contribution is 0.358. The lowest BCUT2D eigenvalue weighted by atomic mass is 9.54. The number of allylic oxidation sites excluding steroid dienone is 4. The average molecular weight is 431 g/mol. The molecule has 3 aromatic carbocycles. The number of rotatable bonds is 5. The van der Waals surface area contributed by atoms with E-state index in [1.54, 1.807) is 6.08 Å². The van der Waals surface area contributed by atoms with Crippen LogP contribution in [0.5, 0.6) is 0 Å². The third-order valence-corrected chi connectivity index (χ3v) is 5.90. The van der Waals surface area contributed by atoms with Crippen LogP contribution in [0.15, 0.2) is 109 Å². The molecular weight excluding hydrogens is 409 g/mol. The third-order valence-electron chi connectivity index (χ3n) is 5.90. The molecule has 5 nitrogen and oxygen atoms in total. The highest BCUT2D eigenvalue weighted by atomic mass is 16.4. The molecule has 4 aromatic rings. The second kappa shape index (κ2) is 8.94. The van der Waals surface area contributed by atoms with Gasteiger partial charge in [-0.05, 0) is 17.6 Å². The van der Waals surface area contributed by atoms with Gasteiger partial charge in [0.15, 0.2) is 11.6 Å². The molecule has 0 amide bonds. The first-order valence-corrected chi connectivity index (χ1v) is 10.8. The normalized spacial score (nSPS) is 17.5. The topological polar surface area (TPSA) is 79.1 Å². The molecule has 0 spiro atoms. The zero-order chi connectivity index (χ0) is 22.7. The Bertz CT molecular complexity index is 1250. The van der Waals surface area contributed by atoms with Crippen molar-refractivity contribution < 1.29 is 10.0 Å². The molecule has 1 aliphatic rings. The summed E-state index contributed by atoms with van der Waals surface area (Å²) >= 11 is 0. The van der Waals surface area contributed by atoms with E-state index in [9.17, 15) is 10.0 Å². The van der Waals surface area contributed by atoms with Crippen LogP contribution in [0.2, 0.25) is 0 Å². The molecule has 1 aliphatic carbocycles. The van der Waals surface area contributed by atoms with Gasteiger partial charge in [-0.15, -0.1) is 0 Å². The number of hydrogen-bond acceptors (Lipinski definition) is 5. The molecule has 1 aromatic heterocycles. The quantitative estimate of drug-likeness (QED) is 0.455. The van der Waals surface area contributed by atoms with Crippen molar-refractivity contribution in [3.05, 3.63) is 121 Å². The molecular formula is C27H22BN3O2. The van der Waals surface area contributed by atoms with Gasteiger partial charge in [0.1, 0.15) is 5.82 Å². The van der Waals surface area contributed by atoms with Gasteiger partial charge in [0.2, 0.25) is 0 Å². The van der Waals surface area contributed by atoms with Crippen molar-refractivity contribution in [3.63, 3.8) is 0 Å². The summed E-state index contributed by atoms with van der Waals surface area (Å²) in [5, 5.41) is 19.9. The molecule has 6 heteroatoms. The van der Waals surface area contributed by atoms with E-state index >= 15 is 0 Å². The molecule has 0 aliphatic heterocycles. The smallest absolute Gasteiger partial charge is 0.426 e. The third kappa shape index (κ3) is 4.14. The first-order valence-electron chi connectivity index (χ1n) is 10.8. The summed E-state index contributed by atoms with van der Waals surface area (Å²) in [6.07, 6.45) is 6.06. The highest BCUT2D eigenvalue weighted by molar-refractivity contribution is 6.46. The Morgan fingerprint density at radius 3 is 1.55 bits per heavy atom. The molecule has 160 valence electrons. The zero-order valence-electron chi connectivity index (χ0n) is 17.9. The van der Waals surface area contributed by atoms with Crippen LogP contribution in [0.25, 0.3) is 28.3 Å². The number of hydrogen-bond donors (Lipinski definition) is 2. The summed E-state index contributed by atoms with van der Waals surface area (Å²) in [6.45, 7) is 0. The molecule has 2 N–H and O–H groups in total. The van der Waals surface area contributed by atoms with Crippen LogP contribution in [0, 0.1) is 0 Å². The van der Waals surface area contributed by atoms with Crippen molar-refractivity contribution in [1.29, 1.82) is 0 Å². The molecule has 0 fully saturated rings. The van der Waals surface area contributed by atoms with Gasteiger partial charge in [0.25, 0.3) is 0 Å².